The lowest BCUT2D eigenvalue weighted by molar-refractivity contribution is -0.120. The third-order valence-electron chi connectivity index (χ3n) is 4.40. The fraction of sp³-hybridized carbons (Fsp3) is 0.316. The van der Waals surface area contributed by atoms with Gasteiger partial charge in [0.15, 0.2) is 0 Å². The van der Waals surface area contributed by atoms with Crippen molar-refractivity contribution < 1.29 is 13.6 Å². The number of nitrogens with one attached hydrogen (secondary N) is 1. The number of carbonyl (C=O) groups is 1. The van der Waals surface area contributed by atoms with Gasteiger partial charge >= 0.3 is 6.55 Å². The molecule has 1 amide bonds. The van der Waals surface area contributed by atoms with Crippen molar-refractivity contribution in [1.29, 1.82) is 0 Å². The van der Waals surface area contributed by atoms with E-state index in [1.54, 1.807) is 26.4 Å². The maximum absolute atomic E-state index is 12.9. The zero-order valence-electron chi connectivity index (χ0n) is 15.2. The summed E-state index contributed by atoms with van der Waals surface area (Å²) in [6.45, 7) is 1.55. The zero-order chi connectivity index (χ0) is 19.4. The Morgan fingerprint density at radius 2 is 2.04 bits per heavy atom. The molecule has 2 heterocycles. The van der Waals surface area contributed by atoms with Crippen molar-refractivity contribution in [2.24, 2.45) is 0 Å². The maximum atomic E-state index is 12.9. The predicted octanol–water partition coefficient (Wildman–Crippen LogP) is 3.00. The average Bonchev–Trinajstić information content (AvgIpc) is 3.23. The van der Waals surface area contributed by atoms with Crippen LogP contribution in [0.25, 0.3) is 0 Å². The van der Waals surface area contributed by atoms with E-state index in [1.165, 1.54) is 0 Å². The molecule has 8 heteroatoms. The molecule has 0 atom stereocenters. The standard InChI is InChI=1S/C19H21F2N5O/c1-13-17(14(2)26(24-13)19(20)21)9-18(27)23-10-15-4-3-5-16(8-15)11-25-7-6-22-12-25/h3-8,12,19H,9-11H2,1-2H3,(H,23,27). The van der Waals surface area contributed by atoms with E-state index >= 15 is 0 Å². The Labute approximate surface area is 155 Å². The van der Waals surface area contributed by atoms with Gasteiger partial charge in [0, 0.05) is 36.7 Å². The number of aryl methyl sites for hydroxylation is 1. The highest BCUT2D eigenvalue weighted by Gasteiger charge is 2.19. The van der Waals surface area contributed by atoms with E-state index in [2.05, 4.69) is 15.4 Å². The quantitative estimate of drug-likeness (QED) is 0.692. The lowest BCUT2D eigenvalue weighted by Gasteiger charge is -2.09. The molecular weight excluding hydrogens is 352 g/mol. The molecule has 6 nitrogen and oxygen atoms in total. The van der Waals surface area contributed by atoms with Crippen LogP contribution in [-0.4, -0.2) is 25.2 Å². The first-order chi connectivity index (χ1) is 12.9. The summed E-state index contributed by atoms with van der Waals surface area (Å²) >= 11 is 0. The maximum Gasteiger partial charge on any atom is 0.333 e. The fourth-order valence-corrected chi connectivity index (χ4v) is 3.00. The lowest BCUT2D eigenvalue weighted by Crippen LogP contribution is -2.25. The van der Waals surface area contributed by atoms with Crippen LogP contribution in [0, 0.1) is 13.8 Å². The van der Waals surface area contributed by atoms with Crippen LogP contribution in [0.5, 0.6) is 0 Å². The molecule has 2 aromatic heterocycles. The van der Waals surface area contributed by atoms with Crippen molar-refractivity contribution >= 4 is 5.91 Å². The van der Waals surface area contributed by atoms with E-state index in [-0.39, 0.29) is 12.3 Å². The zero-order valence-corrected chi connectivity index (χ0v) is 15.2. The van der Waals surface area contributed by atoms with Gasteiger partial charge in [0.1, 0.15) is 0 Å². The second-order valence-corrected chi connectivity index (χ2v) is 6.38. The monoisotopic (exact) mass is 373 g/mol. The van der Waals surface area contributed by atoms with E-state index in [0.717, 1.165) is 11.1 Å². The molecule has 0 aliphatic rings. The Bertz CT molecular complexity index is 918. The molecule has 27 heavy (non-hydrogen) atoms. The Morgan fingerprint density at radius 1 is 1.26 bits per heavy atom. The number of halogens is 2. The van der Waals surface area contributed by atoms with Crippen LogP contribution in [0.15, 0.2) is 43.0 Å². The highest BCUT2D eigenvalue weighted by atomic mass is 19.3. The Balaban J connectivity index is 1.60. The number of amides is 1. The highest BCUT2D eigenvalue weighted by molar-refractivity contribution is 5.79. The highest BCUT2D eigenvalue weighted by Crippen LogP contribution is 2.19. The Hall–Kier alpha value is -3.03. The Kier molecular flexibility index (Phi) is 5.63. The van der Waals surface area contributed by atoms with Crippen molar-refractivity contribution in [2.45, 2.75) is 39.9 Å². The van der Waals surface area contributed by atoms with Crippen molar-refractivity contribution in [1.82, 2.24) is 24.6 Å². The van der Waals surface area contributed by atoms with E-state index in [9.17, 15) is 13.6 Å². The number of imidazole rings is 1. The summed E-state index contributed by atoms with van der Waals surface area (Å²) in [7, 11) is 0. The van der Waals surface area contributed by atoms with E-state index in [1.807, 2.05) is 35.0 Å². The van der Waals surface area contributed by atoms with Gasteiger partial charge in [-0.25, -0.2) is 9.67 Å². The van der Waals surface area contributed by atoms with E-state index in [0.29, 0.717) is 34.7 Å². The topological polar surface area (TPSA) is 64.7 Å². The number of benzene rings is 1. The van der Waals surface area contributed by atoms with Gasteiger partial charge in [0.05, 0.1) is 18.4 Å². The summed E-state index contributed by atoms with van der Waals surface area (Å²) in [4.78, 5) is 16.3. The first-order valence-corrected chi connectivity index (χ1v) is 8.57. The van der Waals surface area contributed by atoms with Crippen molar-refractivity contribution in [3.8, 4) is 0 Å². The first kappa shape index (κ1) is 18.8. The Morgan fingerprint density at radius 3 is 2.70 bits per heavy atom. The van der Waals surface area contributed by atoms with Crippen LogP contribution >= 0.6 is 0 Å². The van der Waals surface area contributed by atoms with Gasteiger partial charge < -0.3 is 9.88 Å². The van der Waals surface area contributed by atoms with Crippen LogP contribution in [0.2, 0.25) is 0 Å². The molecule has 3 aromatic rings. The minimum Gasteiger partial charge on any atom is -0.352 e. The van der Waals surface area contributed by atoms with Crippen LogP contribution < -0.4 is 5.32 Å². The molecule has 142 valence electrons. The molecule has 0 fully saturated rings. The van der Waals surface area contributed by atoms with Crippen molar-refractivity contribution in [2.75, 3.05) is 0 Å². The van der Waals surface area contributed by atoms with Gasteiger partial charge in [-0.2, -0.15) is 13.9 Å². The molecule has 0 saturated carbocycles. The number of rotatable bonds is 7. The molecule has 1 N–H and O–H groups in total. The average molecular weight is 373 g/mol. The van der Waals surface area contributed by atoms with Crippen molar-refractivity contribution in [3.63, 3.8) is 0 Å². The smallest absolute Gasteiger partial charge is 0.333 e. The summed E-state index contributed by atoms with van der Waals surface area (Å²) in [6, 6.07) is 7.90. The lowest BCUT2D eigenvalue weighted by atomic mass is 10.1. The summed E-state index contributed by atoms with van der Waals surface area (Å²) in [5.41, 5.74) is 3.38. The van der Waals surface area contributed by atoms with E-state index in [4.69, 9.17) is 0 Å². The van der Waals surface area contributed by atoms with Crippen LogP contribution in [0.1, 0.15) is 34.6 Å². The van der Waals surface area contributed by atoms with E-state index < -0.39 is 6.55 Å². The number of nitrogens with zero attached hydrogens (tertiary/aromatic N) is 4. The number of alkyl halides is 2. The fourth-order valence-electron chi connectivity index (χ4n) is 3.00. The third-order valence-corrected chi connectivity index (χ3v) is 4.40. The first-order valence-electron chi connectivity index (χ1n) is 8.57. The van der Waals surface area contributed by atoms with Gasteiger partial charge in [-0.3, -0.25) is 4.79 Å². The molecule has 0 bridgehead atoms. The van der Waals surface area contributed by atoms with Crippen LogP contribution in [-0.2, 0) is 24.3 Å². The molecule has 0 unspecified atom stereocenters. The van der Waals surface area contributed by atoms with Crippen LogP contribution in [0.3, 0.4) is 0 Å². The minimum absolute atomic E-state index is 0.0269. The largest absolute Gasteiger partial charge is 0.352 e. The van der Waals surface area contributed by atoms with Gasteiger partial charge in [0.25, 0.3) is 0 Å². The molecule has 0 saturated heterocycles. The second kappa shape index (κ2) is 8.11. The summed E-state index contributed by atoms with van der Waals surface area (Å²) < 4.78 is 28.4. The normalized spacial score (nSPS) is 11.1. The van der Waals surface area contributed by atoms with Crippen molar-refractivity contribution in [3.05, 3.63) is 71.1 Å². The van der Waals surface area contributed by atoms with Gasteiger partial charge in [-0.05, 0) is 25.0 Å². The molecule has 1 aromatic carbocycles. The SMILES string of the molecule is Cc1nn(C(F)F)c(C)c1CC(=O)NCc1cccc(Cn2ccnc2)c1. The molecule has 0 aliphatic carbocycles. The third kappa shape index (κ3) is 4.58. The summed E-state index contributed by atoms with van der Waals surface area (Å²) in [6.07, 6.45) is 5.39. The predicted molar refractivity (Wildman–Crippen MR) is 96.3 cm³/mol. The summed E-state index contributed by atoms with van der Waals surface area (Å²) in [5, 5.41) is 6.65. The van der Waals surface area contributed by atoms with Crippen LogP contribution in [0.4, 0.5) is 8.78 Å². The number of hydrogen-bond acceptors (Lipinski definition) is 3. The molecule has 3 rings (SSSR count). The number of hydrogen-bond donors (Lipinski definition) is 1. The van der Waals surface area contributed by atoms with Gasteiger partial charge in [-0.15, -0.1) is 0 Å². The van der Waals surface area contributed by atoms with Gasteiger partial charge in [-0.1, -0.05) is 24.3 Å². The minimum atomic E-state index is -2.71. The number of carbonyl (C=O) groups excluding carboxylic acids is 1. The molecule has 0 spiro atoms. The molecular formula is C19H21F2N5O. The molecule has 0 aliphatic heterocycles. The second-order valence-electron chi connectivity index (χ2n) is 6.38. The van der Waals surface area contributed by atoms with Gasteiger partial charge in [0.2, 0.25) is 5.91 Å². The summed E-state index contributed by atoms with van der Waals surface area (Å²) in [5.74, 6) is -0.227. The number of aromatic nitrogens is 4. The molecule has 0 radical (unpaired) electrons.